The van der Waals surface area contributed by atoms with Crippen LogP contribution in [0, 0.1) is 11.2 Å². The minimum atomic E-state index is -3.57. The Morgan fingerprint density at radius 1 is 1.42 bits per heavy atom. The van der Waals surface area contributed by atoms with Gasteiger partial charge in [0.05, 0.1) is 4.90 Å². The lowest BCUT2D eigenvalue weighted by Crippen LogP contribution is -2.28. The van der Waals surface area contributed by atoms with Crippen molar-refractivity contribution in [1.29, 1.82) is 0 Å². The summed E-state index contributed by atoms with van der Waals surface area (Å²) in [6.45, 7) is 4.32. The molecule has 0 heterocycles. The van der Waals surface area contributed by atoms with Gasteiger partial charge in [0.15, 0.2) is 0 Å². The molecule has 0 spiro atoms. The van der Waals surface area contributed by atoms with Gasteiger partial charge in [-0.15, -0.1) is 0 Å². The molecule has 6 heteroatoms. The molecule has 1 unspecified atom stereocenters. The van der Waals surface area contributed by atoms with Crippen molar-refractivity contribution in [3.63, 3.8) is 0 Å². The van der Waals surface area contributed by atoms with Crippen LogP contribution in [0.5, 0.6) is 0 Å². The number of halogens is 1. The third kappa shape index (κ3) is 3.13. The average Bonchev–Trinajstić information content (AvgIpc) is 2.88. The molecule has 0 saturated heterocycles. The molecule has 1 aromatic carbocycles. The molecule has 0 radical (unpaired) electrons. The highest BCUT2D eigenvalue weighted by molar-refractivity contribution is 7.89. The Morgan fingerprint density at radius 2 is 2.05 bits per heavy atom. The van der Waals surface area contributed by atoms with Crippen LogP contribution in [0.3, 0.4) is 0 Å². The van der Waals surface area contributed by atoms with Gasteiger partial charge in [-0.3, -0.25) is 0 Å². The summed E-state index contributed by atoms with van der Waals surface area (Å²) in [4.78, 5) is 0.113. The maximum Gasteiger partial charge on any atom is 0.240 e. The van der Waals surface area contributed by atoms with Crippen LogP contribution in [0.1, 0.15) is 25.8 Å². The molecule has 1 saturated carbocycles. The molecule has 1 aromatic rings. The van der Waals surface area contributed by atoms with Crippen molar-refractivity contribution in [3.8, 4) is 0 Å². The van der Waals surface area contributed by atoms with Gasteiger partial charge in [0.25, 0.3) is 0 Å². The van der Waals surface area contributed by atoms with Crippen LogP contribution >= 0.6 is 0 Å². The van der Waals surface area contributed by atoms with Crippen molar-refractivity contribution >= 4 is 10.0 Å². The topological polar surface area (TPSA) is 58.2 Å². The van der Waals surface area contributed by atoms with E-state index >= 15 is 0 Å². The van der Waals surface area contributed by atoms with Crippen LogP contribution in [0.2, 0.25) is 0 Å². The first-order valence-corrected chi connectivity index (χ1v) is 7.70. The van der Waals surface area contributed by atoms with E-state index in [1.165, 1.54) is 18.2 Å². The third-order valence-corrected chi connectivity index (χ3v) is 4.97. The van der Waals surface area contributed by atoms with E-state index in [-0.39, 0.29) is 16.4 Å². The number of hydrogen-bond acceptors (Lipinski definition) is 3. The lowest BCUT2D eigenvalue weighted by molar-refractivity contribution is 0.553. The second-order valence-corrected chi connectivity index (χ2v) is 7.36. The highest BCUT2D eigenvalue weighted by Gasteiger charge is 2.47. The smallest absolute Gasteiger partial charge is 0.240 e. The monoisotopic (exact) mass is 286 g/mol. The number of benzene rings is 1. The fraction of sp³-hybridized carbons (Fsp3) is 0.538. The lowest BCUT2D eigenvalue weighted by atomic mass is 10.2. The minimum Gasteiger partial charge on any atom is -0.316 e. The Balaban J connectivity index is 2.23. The Bertz CT molecular complexity index is 584. The summed E-state index contributed by atoms with van der Waals surface area (Å²) in [5, 5.41) is 2.81. The van der Waals surface area contributed by atoms with Crippen molar-refractivity contribution < 1.29 is 12.8 Å². The maximum atomic E-state index is 13.5. The Hall–Kier alpha value is -0.980. The Labute approximate surface area is 113 Å². The predicted octanol–water partition coefficient (Wildman–Crippen LogP) is 1.62. The molecule has 2 N–H and O–H groups in total. The van der Waals surface area contributed by atoms with Crippen molar-refractivity contribution in [3.05, 3.63) is 29.6 Å². The van der Waals surface area contributed by atoms with E-state index in [1.54, 1.807) is 7.05 Å². The zero-order valence-corrected chi connectivity index (χ0v) is 12.1. The molecule has 0 aliphatic heterocycles. The Morgan fingerprint density at radius 3 is 2.58 bits per heavy atom. The normalized spacial score (nSPS) is 21.4. The van der Waals surface area contributed by atoms with Gasteiger partial charge in [-0.2, -0.15) is 0 Å². The molecule has 1 aliphatic carbocycles. The maximum absolute atomic E-state index is 13.5. The molecule has 2 rings (SSSR count). The van der Waals surface area contributed by atoms with Crippen LogP contribution in [-0.2, 0) is 16.6 Å². The van der Waals surface area contributed by atoms with Gasteiger partial charge in [0.2, 0.25) is 10.0 Å². The van der Waals surface area contributed by atoms with E-state index in [0.29, 0.717) is 12.1 Å². The molecule has 1 atom stereocenters. The summed E-state index contributed by atoms with van der Waals surface area (Å²) in [5.41, 5.74) is 0.362. The first kappa shape index (κ1) is 14.4. The van der Waals surface area contributed by atoms with Gasteiger partial charge in [-0.05, 0) is 37.1 Å². The predicted molar refractivity (Wildman–Crippen MR) is 71.7 cm³/mol. The molecular weight excluding hydrogens is 267 g/mol. The second kappa shape index (κ2) is 4.85. The zero-order chi connectivity index (χ0) is 14.3. The zero-order valence-electron chi connectivity index (χ0n) is 11.3. The van der Waals surface area contributed by atoms with Crippen molar-refractivity contribution in [2.75, 3.05) is 7.05 Å². The summed E-state index contributed by atoms with van der Waals surface area (Å²) < 4.78 is 40.5. The summed E-state index contributed by atoms with van der Waals surface area (Å²) >= 11 is 0. The van der Waals surface area contributed by atoms with Gasteiger partial charge in [0, 0.05) is 18.2 Å². The minimum absolute atomic E-state index is 0.0148. The fourth-order valence-corrected chi connectivity index (χ4v) is 3.43. The lowest BCUT2D eigenvalue weighted by Gasteiger charge is -2.10. The van der Waals surface area contributed by atoms with Crippen molar-refractivity contribution in [2.24, 2.45) is 5.41 Å². The quantitative estimate of drug-likeness (QED) is 0.865. The molecule has 0 aromatic heterocycles. The van der Waals surface area contributed by atoms with E-state index in [9.17, 15) is 12.8 Å². The standard InChI is InChI=1S/C13H19FN2O2S/c1-13(2)7-12(13)16-19(17,18)10-4-5-11(14)9(6-10)8-15-3/h4-6,12,15-16H,7-8H2,1-3H3. The summed E-state index contributed by atoms with van der Waals surface area (Å²) in [6.07, 6.45) is 0.830. The second-order valence-electron chi connectivity index (χ2n) is 5.65. The highest BCUT2D eigenvalue weighted by atomic mass is 32.2. The van der Waals surface area contributed by atoms with Gasteiger partial charge < -0.3 is 5.32 Å². The van der Waals surface area contributed by atoms with Crippen LogP contribution < -0.4 is 10.0 Å². The van der Waals surface area contributed by atoms with Crippen LogP contribution in [0.25, 0.3) is 0 Å². The van der Waals surface area contributed by atoms with Gasteiger partial charge in [-0.1, -0.05) is 13.8 Å². The molecule has 4 nitrogen and oxygen atoms in total. The number of nitrogens with one attached hydrogen (secondary N) is 2. The fourth-order valence-electron chi connectivity index (χ4n) is 1.97. The first-order chi connectivity index (χ1) is 8.76. The highest BCUT2D eigenvalue weighted by Crippen LogP contribution is 2.45. The van der Waals surface area contributed by atoms with E-state index < -0.39 is 15.8 Å². The molecular formula is C13H19FN2O2S. The van der Waals surface area contributed by atoms with Crippen molar-refractivity contribution in [1.82, 2.24) is 10.0 Å². The summed E-state index contributed by atoms with van der Waals surface area (Å²) in [6, 6.07) is 3.84. The summed E-state index contributed by atoms with van der Waals surface area (Å²) in [7, 11) is -1.88. The Kier molecular flexibility index (Phi) is 3.68. The molecule has 1 fully saturated rings. The summed E-state index contributed by atoms with van der Waals surface area (Å²) in [5.74, 6) is -0.403. The molecule has 0 amide bonds. The van der Waals surface area contributed by atoms with Crippen LogP contribution in [-0.4, -0.2) is 21.5 Å². The van der Waals surface area contributed by atoms with Gasteiger partial charge >= 0.3 is 0 Å². The van der Waals surface area contributed by atoms with Crippen LogP contribution in [0.15, 0.2) is 23.1 Å². The van der Waals surface area contributed by atoms with E-state index in [0.717, 1.165) is 6.42 Å². The first-order valence-electron chi connectivity index (χ1n) is 6.21. The van der Waals surface area contributed by atoms with Crippen LogP contribution in [0.4, 0.5) is 4.39 Å². The van der Waals surface area contributed by atoms with E-state index in [2.05, 4.69) is 10.0 Å². The average molecular weight is 286 g/mol. The SMILES string of the molecule is CNCc1cc(S(=O)(=O)NC2CC2(C)C)ccc1F. The molecule has 1 aliphatic rings. The molecule has 106 valence electrons. The largest absolute Gasteiger partial charge is 0.316 e. The van der Waals surface area contributed by atoms with E-state index in [4.69, 9.17) is 0 Å². The van der Waals surface area contributed by atoms with Gasteiger partial charge in [0.1, 0.15) is 5.82 Å². The van der Waals surface area contributed by atoms with E-state index in [1.807, 2.05) is 13.8 Å². The van der Waals surface area contributed by atoms with Gasteiger partial charge in [-0.25, -0.2) is 17.5 Å². The van der Waals surface area contributed by atoms with Crippen molar-refractivity contribution in [2.45, 2.75) is 37.8 Å². The number of sulfonamides is 1. The third-order valence-electron chi connectivity index (χ3n) is 3.51. The molecule has 0 bridgehead atoms. The number of rotatable bonds is 5. The molecule has 19 heavy (non-hydrogen) atoms. The number of hydrogen-bond donors (Lipinski definition) is 2.